The Labute approximate surface area is 76.7 Å². The zero-order valence-electron chi connectivity index (χ0n) is 7.62. The van der Waals surface area contributed by atoms with E-state index >= 15 is 0 Å². The van der Waals surface area contributed by atoms with E-state index in [-0.39, 0.29) is 18.4 Å². The zero-order chi connectivity index (χ0) is 9.84. The number of hydrogen-bond acceptors (Lipinski definition) is 3. The van der Waals surface area contributed by atoms with Crippen molar-refractivity contribution in [1.82, 2.24) is 10.2 Å². The SMILES string of the molecule is CC(=O)N1CCNC[C@H]1CC(=O)O. The highest BCUT2D eigenvalue weighted by Gasteiger charge is 2.25. The van der Waals surface area contributed by atoms with Crippen LogP contribution in [0.1, 0.15) is 13.3 Å². The molecule has 0 aromatic heterocycles. The van der Waals surface area contributed by atoms with Crippen LogP contribution in [-0.4, -0.2) is 47.6 Å². The van der Waals surface area contributed by atoms with Crippen molar-refractivity contribution in [3.63, 3.8) is 0 Å². The normalized spacial score (nSPS) is 22.8. The molecule has 5 heteroatoms. The molecule has 1 amide bonds. The summed E-state index contributed by atoms with van der Waals surface area (Å²) in [4.78, 5) is 23.2. The first-order chi connectivity index (χ1) is 6.11. The second-order valence-corrected chi connectivity index (χ2v) is 3.17. The van der Waals surface area contributed by atoms with Gasteiger partial charge >= 0.3 is 5.97 Å². The van der Waals surface area contributed by atoms with Gasteiger partial charge in [-0.05, 0) is 0 Å². The number of piperazine rings is 1. The highest BCUT2D eigenvalue weighted by atomic mass is 16.4. The Hall–Kier alpha value is -1.10. The minimum Gasteiger partial charge on any atom is -0.481 e. The lowest BCUT2D eigenvalue weighted by molar-refractivity contribution is -0.140. The quantitative estimate of drug-likeness (QED) is 0.597. The number of nitrogens with zero attached hydrogens (tertiary/aromatic N) is 1. The molecule has 1 atom stereocenters. The molecule has 1 aliphatic rings. The first kappa shape index (κ1) is 9.98. The van der Waals surface area contributed by atoms with Gasteiger partial charge in [0, 0.05) is 26.6 Å². The number of carboxylic acid groups (broad SMARTS) is 1. The van der Waals surface area contributed by atoms with Crippen molar-refractivity contribution in [1.29, 1.82) is 0 Å². The van der Waals surface area contributed by atoms with Crippen LogP contribution in [0.15, 0.2) is 0 Å². The predicted molar refractivity (Wildman–Crippen MR) is 46.3 cm³/mol. The van der Waals surface area contributed by atoms with Crippen molar-refractivity contribution in [2.45, 2.75) is 19.4 Å². The zero-order valence-corrected chi connectivity index (χ0v) is 7.62. The number of rotatable bonds is 2. The number of nitrogens with one attached hydrogen (secondary N) is 1. The van der Waals surface area contributed by atoms with Gasteiger partial charge in [-0.25, -0.2) is 0 Å². The molecule has 2 N–H and O–H groups in total. The van der Waals surface area contributed by atoms with Gasteiger partial charge in [-0.15, -0.1) is 0 Å². The molecule has 0 spiro atoms. The Bertz CT molecular complexity index is 217. The number of hydrogen-bond donors (Lipinski definition) is 2. The van der Waals surface area contributed by atoms with Crippen LogP contribution in [0.4, 0.5) is 0 Å². The van der Waals surface area contributed by atoms with Crippen LogP contribution in [0, 0.1) is 0 Å². The third-order valence-corrected chi connectivity index (χ3v) is 2.16. The van der Waals surface area contributed by atoms with Crippen LogP contribution >= 0.6 is 0 Å². The van der Waals surface area contributed by atoms with Gasteiger partial charge in [0.15, 0.2) is 0 Å². The Kier molecular flexibility index (Phi) is 3.25. The molecule has 0 aromatic carbocycles. The summed E-state index contributed by atoms with van der Waals surface area (Å²) in [6.07, 6.45) is 0.0204. The highest BCUT2D eigenvalue weighted by molar-refractivity contribution is 5.75. The minimum atomic E-state index is -0.861. The van der Waals surface area contributed by atoms with Crippen molar-refractivity contribution >= 4 is 11.9 Å². The maximum Gasteiger partial charge on any atom is 0.305 e. The third-order valence-electron chi connectivity index (χ3n) is 2.16. The molecule has 13 heavy (non-hydrogen) atoms. The highest BCUT2D eigenvalue weighted by Crippen LogP contribution is 2.07. The van der Waals surface area contributed by atoms with Crippen molar-refractivity contribution in [2.75, 3.05) is 19.6 Å². The van der Waals surface area contributed by atoms with E-state index in [1.54, 1.807) is 4.90 Å². The molecule has 74 valence electrons. The van der Waals surface area contributed by atoms with Gasteiger partial charge in [0.1, 0.15) is 0 Å². The lowest BCUT2D eigenvalue weighted by atomic mass is 10.1. The monoisotopic (exact) mass is 186 g/mol. The first-order valence-corrected chi connectivity index (χ1v) is 4.31. The average Bonchev–Trinajstić information content (AvgIpc) is 2.03. The standard InChI is InChI=1S/C8H14N2O3/c1-6(11)10-3-2-9-5-7(10)4-8(12)13/h7,9H,2-5H2,1H3,(H,12,13)/t7-/m1/s1. The molecule has 1 heterocycles. The first-order valence-electron chi connectivity index (χ1n) is 4.31. The predicted octanol–water partition coefficient (Wildman–Crippen LogP) is -0.719. The molecule has 5 nitrogen and oxygen atoms in total. The van der Waals surface area contributed by atoms with Gasteiger partial charge in [-0.1, -0.05) is 0 Å². The molecular formula is C8H14N2O3. The van der Waals surface area contributed by atoms with E-state index in [2.05, 4.69) is 5.32 Å². The molecule has 0 aliphatic carbocycles. The average molecular weight is 186 g/mol. The van der Waals surface area contributed by atoms with Crippen LogP contribution in [0.25, 0.3) is 0 Å². The molecular weight excluding hydrogens is 172 g/mol. The molecule has 1 aliphatic heterocycles. The van der Waals surface area contributed by atoms with E-state index in [1.165, 1.54) is 6.92 Å². The van der Waals surface area contributed by atoms with Gasteiger partial charge in [-0.2, -0.15) is 0 Å². The number of amides is 1. The van der Waals surface area contributed by atoms with E-state index < -0.39 is 5.97 Å². The molecule has 1 rings (SSSR count). The van der Waals surface area contributed by atoms with Gasteiger partial charge in [-0.3, -0.25) is 9.59 Å². The smallest absolute Gasteiger partial charge is 0.305 e. The second-order valence-electron chi connectivity index (χ2n) is 3.17. The van der Waals surface area contributed by atoms with Gasteiger partial charge < -0.3 is 15.3 Å². The fourth-order valence-electron chi connectivity index (χ4n) is 1.56. The van der Waals surface area contributed by atoms with Crippen molar-refractivity contribution in [3.05, 3.63) is 0 Å². The lowest BCUT2D eigenvalue weighted by Crippen LogP contribution is -2.53. The number of aliphatic carboxylic acids is 1. The molecule has 0 unspecified atom stereocenters. The largest absolute Gasteiger partial charge is 0.481 e. The molecule has 0 aromatic rings. The van der Waals surface area contributed by atoms with E-state index in [0.29, 0.717) is 13.1 Å². The summed E-state index contributed by atoms with van der Waals surface area (Å²) in [5.41, 5.74) is 0. The van der Waals surface area contributed by atoms with Crippen LogP contribution in [-0.2, 0) is 9.59 Å². The summed E-state index contributed by atoms with van der Waals surface area (Å²) in [6.45, 7) is 3.40. The van der Waals surface area contributed by atoms with Crippen molar-refractivity contribution < 1.29 is 14.7 Å². The summed E-state index contributed by atoms with van der Waals surface area (Å²) in [6, 6.07) is -0.191. The summed E-state index contributed by atoms with van der Waals surface area (Å²) in [5.74, 6) is -0.910. The van der Waals surface area contributed by atoms with Gasteiger partial charge in [0.05, 0.1) is 12.5 Å². The Balaban J connectivity index is 2.56. The Morgan fingerprint density at radius 2 is 2.31 bits per heavy atom. The Morgan fingerprint density at radius 3 is 2.85 bits per heavy atom. The third kappa shape index (κ3) is 2.69. The molecule has 0 saturated carbocycles. The number of carbonyl (C=O) groups is 2. The molecule has 0 radical (unpaired) electrons. The molecule has 0 bridgehead atoms. The van der Waals surface area contributed by atoms with Crippen molar-refractivity contribution in [2.24, 2.45) is 0 Å². The summed E-state index contributed by atoms with van der Waals surface area (Å²) >= 11 is 0. The topological polar surface area (TPSA) is 69.6 Å². The van der Waals surface area contributed by atoms with E-state index in [0.717, 1.165) is 6.54 Å². The van der Waals surface area contributed by atoms with Crippen LogP contribution in [0.2, 0.25) is 0 Å². The lowest BCUT2D eigenvalue weighted by Gasteiger charge is -2.34. The fraction of sp³-hybridized carbons (Fsp3) is 0.750. The summed E-state index contributed by atoms with van der Waals surface area (Å²) in [7, 11) is 0. The van der Waals surface area contributed by atoms with Crippen LogP contribution in [0.5, 0.6) is 0 Å². The van der Waals surface area contributed by atoms with Crippen LogP contribution < -0.4 is 5.32 Å². The maximum atomic E-state index is 11.1. The van der Waals surface area contributed by atoms with E-state index in [1.807, 2.05) is 0 Å². The van der Waals surface area contributed by atoms with E-state index in [9.17, 15) is 9.59 Å². The Morgan fingerprint density at radius 1 is 1.62 bits per heavy atom. The number of carbonyl (C=O) groups excluding carboxylic acids is 1. The van der Waals surface area contributed by atoms with Gasteiger partial charge in [0.2, 0.25) is 5.91 Å². The van der Waals surface area contributed by atoms with Gasteiger partial charge in [0.25, 0.3) is 0 Å². The summed E-state index contributed by atoms with van der Waals surface area (Å²) in [5, 5.41) is 11.7. The molecule has 1 saturated heterocycles. The minimum absolute atomic E-state index is 0.0204. The molecule has 1 fully saturated rings. The fourth-order valence-corrected chi connectivity index (χ4v) is 1.56. The van der Waals surface area contributed by atoms with Crippen LogP contribution in [0.3, 0.4) is 0 Å². The maximum absolute atomic E-state index is 11.1. The number of carboxylic acids is 1. The summed E-state index contributed by atoms with van der Waals surface area (Å²) < 4.78 is 0. The second kappa shape index (κ2) is 4.23. The van der Waals surface area contributed by atoms with E-state index in [4.69, 9.17) is 5.11 Å². The van der Waals surface area contributed by atoms with Crippen molar-refractivity contribution in [3.8, 4) is 0 Å².